The van der Waals surface area contributed by atoms with Crippen LogP contribution < -0.4 is 4.74 Å². The SMILES string of the molecule is CCCCC[C@H]1CC[C@H](C(=O)Oc2ccc(C#N)c(C#N)c2)CC1. The monoisotopic (exact) mass is 324 g/mol. The maximum atomic E-state index is 12.3. The lowest BCUT2D eigenvalue weighted by molar-refractivity contribution is -0.140. The summed E-state index contributed by atoms with van der Waals surface area (Å²) in [4.78, 5) is 12.3. The molecule has 4 heteroatoms. The number of rotatable bonds is 6. The molecule has 0 amide bonds. The Labute approximate surface area is 144 Å². The minimum atomic E-state index is -0.212. The van der Waals surface area contributed by atoms with E-state index in [9.17, 15) is 4.79 Å². The van der Waals surface area contributed by atoms with Crippen molar-refractivity contribution >= 4 is 5.97 Å². The molecule has 0 radical (unpaired) electrons. The zero-order chi connectivity index (χ0) is 17.4. The molecule has 0 atom stereocenters. The highest BCUT2D eigenvalue weighted by Crippen LogP contribution is 2.33. The quantitative estimate of drug-likeness (QED) is 0.431. The number of nitrogens with zero attached hydrogens (tertiary/aromatic N) is 2. The highest BCUT2D eigenvalue weighted by Gasteiger charge is 2.27. The first-order valence-corrected chi connectivity index (χ1v) is 8.83. The summed E-state index contributed by atoms with van der Waals surface area (Å²) in [6.45, 7) is 2.22. The van der Waals surface area contributed by atoms with Gasteiger partial charge in [-0.1, -0.05) is 32.6 Å². The number of hydrogen-bond donors (Lipinski definition) is 0. The Balaban J connectivity index is 1.86. The van der Waals surface area contributed by atoms with Gasteiger partial charge in [0.1, 0.15) is 17.9 Å². The van der Waals surface area contributed by atoms with Crippen molar-refractivity contribution in [2.24, 2.45) is 11.8 Å². The van der Waals surface area contributed by atoms with E-state index in [1.165, 1.54) is 37.8 Å². The van der Waals surface area contributed by atoms with Crippen LogP contribution in [0.4, 0.5) is 0 Å². The van der Waals surface area contributed by atoms with E-state index in [1.807, 2.05) is 12.1 Å². The topological polar surface area (TPSA) is 73.9 Å². The molecule has 24 heavy (non-hydrogen) atoms. The van der Waals surface area contributed by atoms with E-state index in [2.05, 4.69) is 6.92 Å². The lowest BCUT2D eigenvalue weighted by atomic mass is 9.80. The lowest BCUT2D eigenvalue weighted by Crippen LogP contribution is -2.25. The summed E-state index contributed by atoms with van der Waals surface area (Å²) in [5, 5.41) is 18.0. The van der Waals surface area contributed by atoms with Crippen LogP contribution >= 0.6 is 0 Å². The predicted molar refractivity (Wildman–Crippen MR) is 91.1 cm³/mol. The number of hydrogen-bond acceptors (Lipinski definition) is 4. The Hall–Kier alpha value is -2.33. The maximum absolute atomic E-state index is 12.3. The van der Waals surface area contributed by atoms with Crippen LogP contribution in [-0.4, -0.2) is 5.97 Å². The molecule has 0 heterocycles. The summed E-state index contributed by atoms with van der Waals surface area (Å²) in [6.07, 6.45) is 9.07. The van der Waals surface area contributed by atoms with Crippen LogP contribution in [0.2, 0.25) is 0 Å². The lowest BCUT2D eigenvalue weighted by Gasteiger charge is -2.27. The molecule has 4 nitrogen and oxygen atoms in total. The van der Waals surface area contributed by atoms with Crippen LogP contribution in [0.15, 0.2) is 18.2 Å². The molecule has 126 valence electrons. The van der Waals surface area contributed by atoms with Gasteiger partial charge in [0, 0.05) is 6.07 Å². The van der Waals surface area contributed by atoms with Gasteiger partial charge in [-0.3, -0.25) is 4.79 Å². The van der Waals surface area contributed by atoms with Gasteiger partial charge in [-0.2, -0.15) is 10.5 Å². The van der Waals surface area contributed by atoms with Crippen LogP contribution in [0.3, 0.4) is 0 Å². The van der Waals surface area contributed by atoms with E-state index in [4.69, 9.17) is 15.3 Å². The smallest absolute Gasteiger partial charge is 0.314 e. The minimum absolute atomic E-state index is 0.0476. The van der Waals surface area contributed by atoms with Crippen molar-refractivity contribution in [3.63, 3.8) is 0 Å². The maximum Gasteiger partial charge on any atom is 0.314 e. The highest BCUT2D eigenvalue weighted by atomic mass is 16.5. The van der Waals surface area contributed by atoms with E-state index in [-0.39, 0.29) is 17.5 Å². The van der Waals surface area contributed by atoms with Gasteiger partial charge in [0.25, 0.3) is 0 Å². The summed E-state index contributed by atoms with van der Waals surface area (Å²) in [5.74, 6) is 0.838. The van der Waals surface area contributed by atoms with Gasteiger partial charge in [0.15, 0.2) is 0 Å². The number of benzene rings is 1. The molecule has 0 aliphatic heterocycles. The second-order valence-electron chi connectivity index (χ2n) is 6.57. The average Bonchev–Trinajstić information content (AvgIpc) is 2.62. The third-order valence-corrected chi connectivity index (χ3v) is 4.85. The Morgan fingerprint density at radius 3 is 2.46 bits per heavy atom. The molecular formula is C20H24N2O2. The molecule has 1 aliphatic carbocycles. The molecule has 0 aromatic heterocycles. The van der Waals surface area contributed by atoms with Crippen molar-refractivity contribution in [1.29, 1.82) is 10.5 Å². The summed E-state index contributed by atoms with van der Waals surface area (Å²) in [7, 11) is 0. The molecule has 1 fully saturated rings. The molecule has 0 saturated heterocycles. The molecule has 1 aromatic rings. The zero-order valence-corrected chi connectivity index (χ0v) is 14.3. The Bertz CT molecular complexity index is 647. The summed E-state index contributed by atoms with van der Waals surface area (Å²) >= 11 is 0. The first-order valence-electron chi connectivity index (χ1n) is 8.83. The molecular weight excluding hydrogens is 300 g/mol. The third kappa shape index (κ3) is 4.83. The van der Waals surface area contributed by atoms with E-state index < -0.39 is 0 Å². The molecule has 2 rings (SSSR count). The van der Waals surface area contributed by atoms with Crippen molar-refractivity contribution in [3.8, 4) is 17.9 Å². The fraction of sp³-hybridized carbons (Fsp3) is 0.550. The minimum Gasteiger partial charge on any atom is -0.426 e. The van der Waals surface area contributed by atoms with Gasteiger partial charge >= 0.3 is 5.97 Å². The Morgan fingerprint density at radius 2 is 1.83 bits per heavy atom. The van der Waals surface area contributed by atoms with Gasteiger partial charge in [-0.25, -0.2) is 0 Å². The van der Waals surface area contributed by atoms with Gasteiger partial charge in [0.05, 0.1) is 17.0 Å². The van der Waals surface area contributed by atoms with Gasteiger partial charge in [-0.15, -0.1) is 0 Å². The molecule has 0 unspecified atom stereocenters. The fourth-order valence-electron chi connectivity index (χ4n) is 3.35. The second kappa shape index (κ2) is 9.08. The van der Waals surface area contributed by atoms with Crippen molar-refractivity contribution in [1.82, 2.24) is 0 Å². The molecule has 0 bridgehead atoms. The van der Waals surface area contributed by atoms with E-state index in [1.54, 1.807) is 6.07 Å². The third-order valence-electron chi connectivity index (χ3n) is 4.85. The Morgan fingerprint density at radius 1 is 1.12 bits per heavy atom. The number of carbonyl (C=O) groups excluding carboxylic acids is 1. The van der Waals surface area contributed by atoms with Crippen molar-refractivity contribution in [3.05, 3.63) is 29.3 Å². The van der Waals surface area contributed by atoms with Crippen LogP contribution in [0.5, 0.6) is 5.75 Å². The van der Waals surface area contributed by atoms with Gasteiger partial charge in [-0.05, 0) is 43.7 Å². The Kier molecular flexibility index (Phi) is 6.82. The fourth-order valence-corrected chi connectivity index (χ4v) is 3.35. The molecule has 1 aliphatic rings. The molecule has 0 spiro atoms. The van der Waals surface area contributed by atoms with E-state index in [0.29, 0.717) is 11.3 Å². The van der Waals surface area contributed by atoms with Crippen LogP contribution in [0, 0.1) is 34.5 Å². The van der Waals surface area contributed by atoms with Crippen molar-refractivity contribution in [2.45, 2.75) is 58.3 Å². The van der Waals surface area contributed by atoms with Crippen LogP contribution in [0.1, 0.15) is 69.4 Å². The second-order valence-corrected chi connectivity index (χ2v) is 6.57. The van der Waals surface area contributed by atoms with Crippen LogP contribution in [-0.2, 0) is 4.79 Å². The largest absolute Gasteiger partial charge is 0.426 e. The highest BCUT2D eigenvalue weighted by molar-refractivity contribution is 5.75. The van der Waals surface area contributed by atoms with Crippen molar-refractivity contribution in [2.75, 3.05) is 0 Å². The summed E-state index contributed by atoms with van der Waals surface area (Å²) in [6, 6.07) is 8.47. The summed E-state index contributed by atoms with van der Waals surface area (Å²) < 4.78 is 5.43. The average molecular weight is 324 g/mol. The van der Waals surface area contributed by atoms with Gasteiger partial charge in [0.2, 0.25) is 0 Å². The predicted octanol–water partition coefficient (Wildman–Crippen LogP) is 4.72. The van der Waals surface area contributed by atoms with E-state index >= 15 is 0 Å². The number of nitriles is 2. The van der Waals surface area contributed by atoms with E-state index in [0.717, 1.165) is 31.6 Å². The van der Waals surface area contributed by atoms with Crippen molar-refractivity contribution < 1.29 is 9.53 Å². The number of ether oxygens (including phenoxy) is 1. The molecule has 1 aromatic carbocycles. The zero-order valence-electron chi connectivity index (χ0n) is 14.3. The molecule has 0 N–H and O–H groups in total. The molecule has 1 saturated carbocycles. The standard InChI is InChI=1S/C20H24N2O2/c1-2-3-4-5-15-6-8-16(9-7-15)20(23)24-19-11-10-17(13-21)18(12-19)14-22/h10-12,15-16H,2-9H2,1H3/t15-,16-. The number of unbranched alkanes of at least 4 members (excludes halogenated alkanes) is 2. The normalized spacial score (nSPS) is 20.0. The number of carbonyl (C=O) groups is 1. The first kappa shape index (κ1) is 18.0. The van der Waals surface area contributed by atoms with Gasteiger partial charge < -0.3 is 4.74 Å². The first-order chi connectivity index (χ1) is 11.7. The summed E-state index contributed by atoms with van der Waals surface area (Å²) in [5.41, 5.74) is 0.535. The number of esters is 1. The van der Waals surface area contributed by atoms with Crippen LogP contribution in [0.25, 0.3) is 0 Å².